The first-order valence-electron chi connectivity index (χ1n) is 5.90. The van der Waals surface area contributed by atoms with E-state index in [1.54, 1.807) is 24.4 Å². The summed E-state index contributed by atoms with van der Waals surface area (Å²) in [6.45, 7) is 0. The number of aromatic nitrogens is 3. The first-order chi connectivity index (χ1) is 10.8. The second kappa shape index (κ2) is 5.87. The van der Waals surface area contributed by atoms with Crippen molar-refractivity contribution in [2.45, 2.75) is 10.1 Å². The van der Waals surface area contributed by atoms with Crippen LogP contribution >= 0.6 is 23.5 Å². The van der Waals surface area contributed by atoms with Gasteiger partial charge in [-0.15, -0.1) is 0 Å². The fraction of sp³-hybridized carbons (Fsp3) is 0. The van der Waals surface area contributed by atoms with Crippen molar-refractivity contribution in [2.24, 2.45) is 0 Å². The lowest BCUT2D eigenvalue weighted by Crippen LogP contribution is -1.96. The highest BCUT2D eigenvalue weighted by Crippen LogP contribution is 2.51. The Morgan fingerprint density at radius 1 is 0.955 bits per heavy atom. The molecule has 0 aliphatic carbocycles. The summed E-state index contributed by atoms with van der Waals surface area (Å²) in [6.07, 6.45) is 1.61. The number of thioether (sulfide) groups is 2. The van der Waals surface area contributed by atoms with Crippen LogP contribution < -0.4 is 0 Å². The van der Waals surface area contributed by atoms with E-state index in [1.165, 1.54) is 23.5 Å². The number of rotatable bonds is 1. The van der Waals surface area contributed by atoms with Crippen LogP contribution in [0.1, 0.15) is 17.1 Å². The minimum absolute atomic E-state index is 0.00746. The Morgan fingerprint density at radius 2 is 1.59 bits per heavy atom. The Hall–Kier alpha value is -2.86. The van der Waals surface area contributed by atoms with Gasteiger partial charge in [-0.25, -0.2) is 9.97 Å². The molecule has 0 bridgehead atoms. The zero-order valence-electron chi connectivity index (χ0n) is 10.8. The molecular weight excluding hydrogens is 316 g/mol. The van der Waals surface area contributed by atoms with Gasteiger partial charge in [-0.05, 0) is 12.1 Å². The standard InChI is InChI=1S/C14H4N6S2/c15-5-8(9-3-1-2-4-18-9)14-21-12-13(22-14)20-11(7-17)10(6-16)19-12/h1-4H. The summed E-state index contributed by atoms with van der Waals surface area (Å²) in [5.74, 6) is 0. The number of allylic oxidation sites excluding steroid dienone is 1. The molecule has 8 heteroatoms. The van der Waals surface area contributed by atoms with Crippen LogP contribution in [0.5, 0.6) is 0 Å². The van der Waals surface area contributed by atoms with Gasteiger partial charge < -0.3 is 0 Å². The van der Waals surface area contributed by atoms with Crippen LogP contribution in [-0.4, -0.2) is 15.0 Å². The average Bonchev–Trinajstić information content (AvgIpc) is 2.97. The van der Waals surface area contributed by atoms with Crippen molar-refractivity contribution in [3.8, 4) is 18.2 Å². The van der Waals surface area contributed by atoms with Crippen molar-refractivity contribution in [3.05, 3.63) is 45.7 Å². The minimum Gasteiger partial charge on any atom is -0.255 e. The third-order valence-corrected chi connectivity index (χ3v) is 5.03. The largest absolute Gasteiger partial charge is 0.255 e. The molecule has 2 aromatic heterocycles. The van der Waals surface area contributed by atoms with Gasteiger partial charge in [-0.1, -0.05) is 29.6 Å². The fourth-order valence-electron chi connectivity index (χ4n) is 1.71. The molecule has 0 saturated carbocycles. The van der Waals surface area contributed by atoms with Gasteiger partial charge in [-0.3, -0.25) is 4.98 Å². The van der Waals surface area contributed by atoms with Crippen molar-refractivity contribution in [2.75, 3.05) is 0 Å². The van der Waals surface area contributed by atoms with Crippen molar-refractivity contribution >= 4 is 29.1 Å². The Kier molecular flexibility index (Phi) is 3.76. The van der Waals surface area contributed by atoms with Gasteiger partial charge in [-0.2, -0.15) is 15.8 Å². The number of hydrogen-bond acceptors (Lipinski definition) is 8. The zero-order chi connectivity index (χ0) is 15.5. The van der Waals surface area contributed by atoms with Gasteiger partial charge in [0, 0.05) is 6.20 Å². The molecule has 0 unspecified atom stereocenters. The summed E-state index contributed by atoms with van der Waals surface area (Å²) >= 11 is 2.52. The van der Waals surface area contributed by atoms with Crippen LogP contribution in [0.25, 0.3) is 5.57 Å². The molecule has 0 radical (unpaired) electrons. The molecule has 1 aliphatic heterocycles. The lowest BCUT2D eigenvalue weighted by atomic mass is 10.2. The van der Waals surface area contributed by atoms with E-state index in [0.29, 0.717) is 25.6 Å². The molecule has 0 atom stereocenters. The second-order valence-corrected chi connectivity index (χ2v) is 6.20. The monoisotopic (exact) mass is 320 g/mol. The molecule has 0 fully saturated rings. The first kappa shape index (κ1) is 14.1. The summed E-state index contributed by atoms with van der Waals surface area (Å²) in [4.78, 5) is 12.4. The molecule has 0 aromatic carbocycles. The number of fused-ring (bicyclic) bond motifs is 1. The van der Waals surface area contributed by atoms with Crippen molar-refractivity contribution in [3.63, 3.8) is 0 Å². The Labute approximate surface area is 134 Å². The molecule has 0 N–H and O–H groups in total. The van der Waals surface area contributed by atoms with Crippen molar-refractivity contribution in [1.29, 1.82) is 15.8 Å². The Morgan fingerprint density at radius 3 is 2.05 bits per heavy atom. The maximum Gasteiger partial charge on any atom is 0.178 e. The Balaban J connectivity index is 2.08. The lowest BCUT2D eigenvalue weighted by molar-refractivity contribution is 0.902. The summed E-state index contributed by atoms with van der Waals surface area (Å²) < 4.78 is 0.690. The van der Waals surface area contributed by atoms with E-state index in [4.69, 9.17) is 10.5 Å². The third-order valence-electron chi connectivity index (χ3n) is 2.66. The van der Waals surface area contributed by atoms with Gasteiger partial charge in [0.15, 0.2) is 11.4 Å². The van der Waals surface area contributed by atoms with Crippen LogP contribution in [0.2, 0.25) is 0 Å². The van der Waals surface area contributed by atoms with E-state index < -0.39 is 0 Å². The number of pyridine rings is 1. The fourth-order valence-corrected chi connectivity index (χ4v) is 4.00. The van der Waals surface area contributed by atoms with Crippen LogP contribution in [0.4, 0.5) is 0 Å². The smallest absolute Gasteiger partial charge is 0.178 e. The molecule has 0 saturated heterocycles. The molecule has 22 heavy (non-hydrogen) atoms. The summed E-state index contributed by atoms with van der Waals surface area (Å²) in [7, 11) is 0. The second-order valence-electron chi connectivity index (χ2n) is 3.95. The predicted octanol–water partition coefficient (Wildman–Crippen LogP) is 2.71. The van der Waals surface area contributed by atoms with Crippen molar-refractivity contribution < 1.29 is 0 Å². The van der Waals surface area contributed by atoms with Gasteiger partial charge in [0.25, 0.3) is 0 Å². The normalized spacial score (nSPS) is 12.0. The number of nitriles is 3. The highest BCUT2D eigenvalue weighted by molar-refractivity contribution is 8.24. The van der Waals surface area contributed by atoms with E-state index in [2.05, 4.69) is 21.0 Å². The molecule has 102 valence electrons. The zero-order valence-corrected chi connectivity index (χ0v) is 12.4. The molecule has 2 aromatic rings. The molecule has 0 amide bonds. The third kappa shape index (κ3) is 2.40. The van der Waals surface area contributed by atoms with E-state index in [-0.39, 0.29) is 11.4 Å². The lowest BCUT2D eigenvalue weighted by Gasteiger charge is -2.00. The van der Waals surface area contributed by atoms with Gasteiger partial charge in [0.05, 0.1) is 15.5 Å². The highest BCUT2D eigenvalue weighted by atomic mass is 32.2. The molecule has 3 heterocycles. The van der Waals surface area contributed by atoms with Crippen LogP contribution in [-0.2, 0) is 0 Å². The number of hydrogen-bond donors (Lipinski definition) is 0. The first-order valence-corrected chi connectivity index (χ1v) is 7.54. The quantitative estimate of drug-likeness (QED) is 0.737. The Bertz CT molecular complexity index is 870. The van der Waals surface area contributed by atoms with E-state index in [1.807, 2.05) is 12.1 Å². The average molecular weight is 320 g/mol. The number of nitrogens with zero attached hydrogens (tertiary/aromatic N) is 6. The molecule has 1 aliphatic rings. The van der Waals surface area contributed by atoms with E-state index >= 15 is 0 Å². The topological polar surface area (TPSA) is 110 Å². The highest BCUT2D eigenvalue weighted by Gasteiger charge is 2.27. The molecule has 0 spiro atoms. The summed E-state index contributed by atoms with van der Waals surface area (Å²) in [5, 5.41) is 28.4. The van der Waals surface area contributed by atoms with E-state index in [9.17, 15) is 5.26 Å². The predicted molar refractivity (Wildman–Crippen MR) is 79.9 cm³/mol. The minimum atomic E-state index is -0.00746. The van der Waals surface area contributed by atoms with Gasteiger partial charge in [0.2, 0.25) is 0 Å². The summed E-state index contributed by atoms with van der Waals surface area (Å²) in [5.41, 5.74) is 0.972. The maximum absolute atomic E-state index is 9.40. The molecule has 6 nitrogen and oxygen atoms in total. The molecule has 3 rings (SSSR count). The van der Waals surface area contributed by atoms with Crippen LogP contribution in [0.15, 0.2) is 38.7 Å². The van der Waals surface area contributed by atoms with Gasteiger partial charge >= 0.3 is 0 Å². The SMILES string of the molecule is N#CC(=C1Sc2nc(C#N)c(C#N)nc2S1)c1ccccn1. The maximum atomic E-state index is 9.40. The van der Waals surface area contributed by atoms with Crippen molar-refractivity contribution in [1.82, 2.24) is 15.0 Å². The van der Waals surface area contributed by atoms with Crippen LogP contribution in [0, 0.1) is 34.0 Å². The van der Waals surface area contributed by atoms with Crippen LogP contribution in [0.3, 0.4) is 0 Å². The summed E-state index contributed by atoms with van der Waals surface area (Å²) in [6, 6.07) is 11.2. The van der Waals surface area contributed by atoms with E-state index in [0.717, 1.165) is 0 Å². The molecular formula is C14H4N6S2. The van der Waals surface area contributed by atoms with Gasteiger partial charge in [0.1, 0.15) is 28.3 Å².